The van der Waals surface area contributed by atoms with Crippen LogP contribution in [0.15, 0.2) is 15.4 Å². The molecule has 1 aromatic heterocycles. The number of aliphatic imine (C=N–C) groups is 2. The number of unbranched alkanes of at least 4 members (excludes halogenated alkanes) is 1. The van der Waals surface area contributed by atoms with Crippen molar-refractivity contribution in [1.29, 1.82) is 5.26 Å². The highest BCUT2D eigenvalue weighted by molar-refractivity contribution is 7.13. The Bertz CT molecular complexity index is 592. The molecule has 9 nitrogen and oxygen atoms in total. The van der Waals surface area contributed by atoms with Gasteiger partial charge in [-0.05, 0) is 19.3 Å². The van der Waals surface area contributed by atoms with E-state index in [0.29, 0.717) is 19.1 Å². The lowest BCUT2D eigenvalue weighted by atomic mass is 10.2. The average Bonchev–Trinajstić information content (AvgIpc) is 2.99. The quantitative estimate of drug-likeness (QED) is 0.255. The van der Waals surface area contributed by atoms with E-state index in [-0.39, 0.29) is 5.96 Å². The number of hydrogen-bond donors (Lipinski definition) is 3. The van der Waals surface area contributed by atoms with Gasteiger partial charge in [0.25, 0.3) is 0 Å². The highest BCUT2D eigenvalue weighted by atomic mass is 32.1. The smallest absolute Gasteiger partial charge is 0.209 e. The van der Waals surface area contributed by atoms with E-state index >= 15 is 0 Å². The lowest BCUT2D eigenvalue weighted by molar-refractivity contribution is 0.208. The van der Waals surface area contributed by atoms with E-state index in [1.54, 1.807) is 18.2 Å². The van der Waals surface area contributed by atoms with Gasteiger partial charge in [0.2, 0.25) is 12.2 Å². The Hall–Kier alpha value is -2.38. The highest BCUT2D eigenvalue weighted by Gasteiger charge is 2.05. The second kappa shape index (κ2) is 11.2. The molecule has 0 atom stereocenters. The third kappa shape index (κ3) is 7.75. The van der Waals surface area contributed by atoms with Crippen molar-refractivity contribution in [2.45, 2.75) is 19.3 Å². The summed E-state index contributed by atoms with van der Waals surface area (Å²) in [4.78, 5) is 13.8. The molecule has 132 valence electrons. The van der Waals surface area contributed by atoms with Crippen molar-refractivity contribution in [2.75, 3.05) is 39.2 Å². The molecule has 0 aliphatic rings. The number of nitrogens with two attached hydrogens (primary N) is 2. The predicted molar refractivity (Wildman–Crippen MR) is 96.9 cm³/mol. The van der Waals surface area contributed by atoms with Crippen LogP contribution < -0.4 is 16.8 Å². The van der Waals surface area contributed by atoms with Gasteiger partial charge in [-0.1, -0.05) is 0 Å². The number of guanidine groups is 2. The van der Waals surface area contributed by atoms with E-state index in [1.165, 1.54) is 11.3 Å². The second-order valence-electron chi connectivity index (χ2n) is 4.98. The highest BCUT2D eigenvalue weighted by Crippen LogP contribution is 2.16. The minimum Gasteiger partial charge on any atom is -0.383 e. The van der Waals surface area contributed by atoms with Crippen molar-refractivity contribution in [3.63, 3.8) is 0 Å². The van der Waals surface area contributed by atoms with Crippen molar-refractivity contribution >= 4 is 28.4 Å². The van der Waals surface area contributed by atoms with Gasteiger partial charge in [-0.3, -0.25) is 4.99 Å². The average molecular weight is 352 g/mol. The zero-order chi connectivity index (χ0) is 17.8. The number of anilines is 1. The van der Waals surface area contributed by atoms with Crippen molar-refractivity contribution < 1.29 is 4.74 Å². The summed E-state index contributed by atoms with van der Waals surface area (Å²) in [6, 6.07) is 0. The molecule has 0 fully saturated rings. The molecule has 0 aliphatic carbocycles. The van der Waals surface area contributed by atoms with Gasteiger partial charge in [0.1, 0.15) is 0 Å². The van der Waals surface area contributed by atoms with Crippen LogP contribution in [0.5, 0.6) is 0 Å². The number of hydrogen-bond acceptors (Lipinski definition) is 6. The zero-order valence-corrected chi connectivity index (χ0v) is 14.8. The Kier molecular flexibility index (Phi) is 9.18. The molecule has 10 heteroatoms. The van der Waals surface area contributed by atoms with Gasteiger partial charge in [0, 0.05) is 26.1 Å². The van der Waals surface area contributed by atoms with Crippen LogP contribution in [-0.2, 0) is 11.2 Å². The molecule has 0 saturated heterocycles. The van der Waals surface area contributed by atoms with Crippen molar-refractivity contribution in [2.24, 2.45) is 21.5 Å². The topological polar surface area (TPSA) is 138 Å². The molecule has 1 aromatic rings. The largest absolute Gasteiger partial charge is 0.383 e. The van der Waals surface area contributed by atoms with Crippen LogP contribution in [0.2, 0.25) is 0 Å². The number of aromatic nitrogens is 1. The van der Waals surface area contributed by atoms with Crippen molar-refractivity contribution in [3.05, 3.63) is 11.1 Å². The number of aryl methyl sites for hydroxylation is 1. The zero-order valence-electron chi connectivity index (χ0n) is 14.0. The molecule has 1 heterocycles. The third-order valence-electron chi connectivity index (χ3n) is 3.10. The Balaban J connectivity index is 2.31. The van der Waals surface area contributed by atoms with Gasteiger partial charge in [-0.15, -0.1) is 16.3 Å². The normalized spacial score (nSPS) is 12.0. The Morgan fingerprint density at radius 1 is 1.50 bits per heavy atom. The minimum absolute atomic E-state index is 0.237. The van der Waals surface area contributed by atoms with Crippen LogP contribution >= 0.6 is 11.3 Å². The van der Waals surface area contributed by atoms with Crippen molar-refractivity contribution in [1.82, 2.24) is 9.88 Å². The summed E-state index contributed by atoms with van der Waals surface area (Å²) in [5, 5.41) is 14.1. The fourth-order valence-electron chi connectivity index (χ4n) is 1.79. The number of nitriles is 1. The fourth-order valence-corrected chi connectivity index (χ4v) is 2.54. The first kappa shape index (κ1) is 19.7. The Morgan fingerprint density at radius 2 is 2.29 bits per heavy atom. The van der Waals surface area contributed by atoms with Gasteiger partial charge < -0.3 is 26.4 Å². The number of nitrogens with one attached hydrogen (secondary N) is 1. The number of nitrogens with zero attached hydrogens (tertiary/aromatic N) is 5. The molecule has 1 rings (SSSR count). The summed E-state index contributed by atoms with van der Waals surface area (Å²) in [6.45, 7) is 1.79. The summed E-state index contributed by atoms with van der Waals surface area (Å²) in [7, 11) is 3.43. The Morgan fingerprint density at radius 3 is 3.00 bits per heavy atom. The van der Waals surface area contributed by atoms with Crippen LogP contribution in [0.25, 0.3) is 0 Å². The maximum atomic E-state index is 8.45. The summed E-state index contributed by atoms with van der Waals surface area (Å²) in [5.74, 6) is 0.572. The molecular weight excluding hydrogens is 328 g/mol. The van der Waals surface area contributed by atoms with Crippen LogP contribution in [0.4, 0.5) is 5.13 Å². The number of rotatable bonds is 9. The van der Waals surface area contributed by atoms with Crippen LogP contribution in [-0.4, -0.2) is 55.7 Å². The van der Waals surface area contributed by atoms with Gasteiger partial charge in [-0.25, -0.2) is 4.98 Å². The maximum Gasteiger partial charge on any atom is 0.209 e. The summed E-state index contributed by atoms with van der Waals surface area (Å²) in [6.07, 6.45) is 4.43. The lowest BCUT2D eigenvalue weighted by Gasteiger charge is -2.16. The number of thiazole rings is 1. The first-order chi connectivity index (χ1) is 11.6. The molecule has 5 N–H and O–H groups in total. The maximum absolute atomic E-state index is 8.45. The monoisotopic (exact) mass is 352 g/mol. The molecule has 0 radical (unpaired) electrons. The number of ether oxygens (including phenoxy) is 1. The predicted octanol–water partition coefficient (Wildman–Crippen LogP) is 0.566. The van der Waals surface area contributed by atoms with E-state index in [2.05, 4.69) is 20.3 Å². The van der Waals surface area contributed by atoms with Crippen LogP contribution in [0, 0.1) is 11.5 Å². The van der Waals surface area contributed by atoms with E-state index < -0.39 is 0 Å². The molecule has 0 aromatic carbocycles. The third-order valence-corrected chi connectivity index (χ3v) is 3.90. The van der Waals surface area contributed by atoms with Crippen molar-refractivity contribution in [3.8, 4) is 6.19 Å². The first-order valence-corrected chi connectivity index (χ1v) is 8.38. The molecule has 0 unspecified atom stereocenters. The molecular formula is C14H24N8OS. The van der Waals surface area contributed by atoms with Crippen LogP contribution in [0.3, 0.4) is 0 Å². The SMILES string of the molecule is COCCN=C(N)Nc1nc(CCCCN(C)C(N)=NC#N)cs1. The van der Waals surface area contributed by atoms with E-state index in [4.69, 9.17) is 21.5 Å². The van der Waals surface area contributed by atoms with Crippen LogP contribution in [0.1, 0.15) is 18.5 Å². The van der Waals surface area contributed by atoms with Gasteiger partial charge in [-0.2, -0.15) is 5.26 Å². The van der Waals surface area contributed by atoms with E-state index in [0.717, 1.165) is 36.6 Å². The minimum atomic E-state index is 0.237. The van der Waals surface area contributed by atoms with Gasteiger partial charge in [0.15, 0.2) is 11.1 Å². The van der Waals surface area contributed by atoms with E-state index in [1.807, 2.05) is 12.4 Å². The molecule has 0 saturated carbocycles. The summed E-state index contributed by atoms with van der Waals surface area (Å²) < 4.78 is 4.91. The first-order valence-electron chi connectivity index (χ1n) is 7.50. The molecule has 0 aliphatic heterocycles. The number of methoxy groups -OCH3 is 1. The van der Waals surface area contributed by atoms with Gasteiger partial charge >= 0.3 is 0 Å². The molecule has 24 heavy (non-hydrogen) atoms. The standard InChI is InChI=1S/C14H24N8OS/c1-22(13(17)19-10-15)7-4-3-5-11-9-24-14(20-11)21-12(16)18-6-8-23-2/h9H,3-8H2,1-2H3,(H2,17,19)(H3,16,18,20,21). The Labute approximate surface area is 146 Å². The van der Waals surface area contributed by atoms with Gasteiger partial charge in [0.05, 0.1) is 18.8 Å². The summed E-state index contributed by atoms with van der Waals surface area (Å²) in [5.41, 5.74) is 12.4. The molecule has 0 bridgehead atoms. The lowest BCUT2D eigenvalue weighted by Crippen LogP contribution is -2.34. The fraction of sp³-hybridized carbons (Fsp3) is 0.571. The molecule has 0 amide bonds. The molecule has 0 spiro atoms. The van der Waals surface area contributed by atoms with E-state index in [9.17, 15) is 0 Å². The second-order valence-corrected chi connectivity index (χ2v) is 5.84. The summed E-state index contributed by atoms with van der Waals surface area (Å²) >= 11 is 1.49.